The maximum Gasteiger partial charge on any atom is 0.416 e. The van der Waals surface area contributed by atoms with Crippen LogP contribution in [0.5, 0.6) is 0 Å². The van der Waals surface area contributed by atoms with Crippen molar-refractivity contribution < 1.29 is 13.2 Å². The Labute approximate surface area is 144 Å². The summed E-state index contributed by atoms with van der Waals surface area (Å²) in [6, 6.07) is 9.23. The van der Waals surface area contributed by atoms with E-state index in [1.54, 1.807) is 6.07 Å². The summed E-state index contributed by atoms with van der Waals surface area (Å²) < 4.78 is 38.5. The number of nitrogens with one attached hydrogen (secondary N) is 2. The smallest absolute Gasteiger partial charge is 0.380 e. The van der Waals surface area contributed by atoms with E-state index in [1.807, 2.05) is 12.1 Å². The molecule has 1 aliphatic heterocycles. The Hall–Kier alpha value is -1.72. The average Bonchev–Trinajstić information content (AvgIpc) is 2.79. The molecule has 0 spiro atoms. The van der Waals surface area contributed by atoms with E-state index in [2.05, 4.69) is 10.6 Å². The van der Waals surface area contributed by atoms with E-state index in [0.29, 0.717) is 17.1 Å². The number of alkyl halides is 3. The van der Waals surface area contributed by atoms with Gasteiger partial charge >= 0.3 is 6.18 Å². The Morgan fingerprint density at radius 1 is 1.08 bits per heavy atom. The topological polar surface area (TPSA) is 24.1 Å². The predicted octanol–water partition coefficient (Wildman–Crippen LogP) is 4.66. The van der Waals surface area contributed by atoms with Gasteiger partial charge in [0, 0.05) is 6.54 Å². The molecular weight excluding hydrogens is 337 g/mol. The molecule has 24 heavy (non-hydrogen) atoms. The van der Waals surface area contributed by atoms with Gasteiger partial charge in [-0.25, -0.2) is 0 Å². The van der Waals surface area contributed by atoms with Crippen molar-refractivity contribution >= 4 is 17.3 Å². The minimum atomic E-state index is -4.33. The second-order valence-corrected chi connectivity index (χ2v) is 6.27. The molecule has 0 bridgehead atoms. The molecule has 0 fully saturated rings. The summed E-state index contributed by atoms with van der Waals surface area (Å²) in [5.74, 6) is 0. The highest BCUT2D eigenvalue weighted by Gasteiger charge is 2.30. The molecule has 2 aromatic rings. The van der Waals surface area contributed by atoms with Gasteiger partial charge in [-0.15, -0.1) is 0 Å². The molecule has 2 nitrogen and oxygen atoms in total. The summed E-state index contributed by atoms with van der Waals surface area (Å²) in [6.45, 7) is 2.08. The normalized spacial score (nSPS) is 14.8. The number of hydrogen-bond donors (Lipinski definition) is 2. The van der Waals surface area contributed by atoms with Crippen molar-refractivity contribution in [3.63, 3.8) is 0 Å². The van der Waals surface area contributed by atoms with Gasteiger partial charge in [-0.05, 0) is 60.8 Å². The molecule has 0 aliphatic carbocycles. The fourth-order valence-corrected chi connectivity index (χ4v) is 3.23. The van der Waals surface area contributed by atoms with Crippen LogP contribution in [0, 0.1) is 0 Å². The first-order chi connectivity index (χ1) is 11.4. The van der Waals surface area contributed by atoms with Crippen LogP contribution in [0.15, 0.2) is 36.4 Å². The van der Waals surface area contributed by atoms with Crippen molar-refractivity contribution in [1.29, 1.82) is 0 Å². The molecule has 128 valence electrons. The molecule has 2 N–H and O–H groups in total. The lowest BCUT2D eigenvalue weighted by molar-refractivity contribution is -0.137. The second kappa shape index (κ2) is 7.03. The Morgan fingerprint density at radius 2 is 1.88 bits per heavy atom. The Bertz CT molecular complexity index is 729. The molecular formula is C18H18ClF3N2. The van der Waals surface area contributed by atoms with Gasteiger partial charge in [0.15, 0.2) is 0 Å². The largest absolute Gasteiger partial charge is 0.416 e. The molecule has 1 aliphatic rings. The number of benzene rings is 2. The van der Waals surface area contributed by atoms with Gasteiger partial charge in [-0.3, -0.25) is 0 Å². The van der Waals surface area contributed by atoms with E-state index in [9.17, 15) is 13.2 Å². The predicted molar refractivity (Wildman–Crippen MR) is 90.5 cm³/mol. The van der Waals surface area contributed by atoms with Gasteiger partial charge < -0.3 is 10.6 Å². The van der Waals surface area contributed by atoms with Crippen LogP contribution in [0.1, 0.15) is 22.3 Å². The van der Waals surface area contributed by atoms with Crippen molar-refractivity contribution in [3.05, 3.63) is 63.7 Å². The molecule has 3 rings (SSSR count). The van der Waals surface area contributed by atoms with E-state index in [4.69, 9.17) is 11.6 Å². The molecule has 0 saturated carbocycles. The van der Waals surface area contributed by atoms with Gasteiger partial charge in [-0.1, -0.05) is 29.8 Å². The number of rotatable bonds is 3. The third kappa shape index (κ3) is 3.84. The van der Waals surface area contributed by atoms with Crippen LogP contribution in [0.25, 0.3) is 0 Å². The highest BCUT2D eigenvalue weighted by molar-refractivity contribution is 6.33. The monoisotopic (exact) mass is 354 g/mol. The SMILES string of the molecule is FC(F)(F)c1cccc(CNc2c(Cl)ccc3c2CCNCC3)c1. The first kappa shape index (κ1) is 17.1. The van der Waals surface area contributed by atoms with Crippen molar-refractivity contribution in [2.75, 3.05) is 18.4 Å². The Kier molecular flexibility index (Phi) is 5.01. The third-order valence-corrected chi connectivity index (χ3v) is 4.52. The lowest BCUT2D eigenvalue weighted by Crippen LogP contribution is -2.16. The Morgan fingerprint density at radius 3 is 2.67 bits per heavy atom. The van der Waals surface area contributed by atoms with Crippen LogP contribution in [0.3, 0.4) is 0 Å². The first-order valence-electron chi connectivity index (χ1n) is 7.86. The van der Waals surface area contributed by atoms with Crippen LogP contribution >= 0.6 is 11.6 Å². The van der Waals surface area contributed by atoms with E-state index in [0.717, 1.165) is 43.2 Å². The fourth-order valence-electron chi connectivity index (χ4n) is 2.98. The third-order valence-electron chi connectivity index (χ3n) is 4.21. The van der Waals surface area contributed by atoms with Gasteiger partial charge in [-0.2, -0.15) is 13.2 Å². The molecule has 0 aromatic heterocycles. The van der Waals surface area contributed by atoms with Gasteiger partial charge in [0.05, 0.1) is 16.3 Å². The molecule has 0 amide bonds. The van der Waals surface area contributed by atoms with E-state index in [1.165, 1.54) is 17.7 Å². The summed E-state index contributed by atoms with van der Waals surface area (Å²) in [6.07, 6.45) is -2.56. The first-order valence-corrected chi connectivity index (χ1v) is 8.24. The van der Waals surface area contributed by atoms with Crippen molar-refractivity contribution in [2.45, 2.75) is 25.6 Å². The Balaban J connectivity index is 1.82. The van der Waals surface area contributed by atoms with Crippen molar-refractivity contribution in [2.24, 2.45) is 0 Å². The molecule has 0 atom stereocenters. The van der Waals surface area contributed by atoms with Crippen LogP contribution in [0.2, 0.25) is 5.02 Å². The summed E-state index contributed by atoms with van der Waals surface area (Å²) >= 11 is 6.32. The maximum atomic E-state index is 12.8. The van der Waals surface area contributed by atoms with Gasteiger partial charge in [0.25, 0.3) is 0 Å². The van der Waals surface area contributed by atoms with E-state index < -0.39 is 11.7 Å². The van der Waals surface area contributed by atoms with Gasteiger partial charge in [0.1, 0.15) is 0 Å². The molecule has 2 aromatic carbocycles. The zero-order valence-corrected chi connectivity index (χ0v) is 13.8. The molecule has 1 heterocycles. The quantitative estimate of drug-likeness (QED) is 0.837. The highest BCUT2D eigenvalue weighted by Crippen LogP contribution is 2.32. The minimum absolute atomic E-state index is 0.299. The van der Waals surface area contributed by atoms with Crippen LogP contribution in [-0.2, 0) is 25.6 Å². The van der Waals surface area contributed by atoms with E-state index in [-0.39, 0.29) is 0 Å². The second-order valence-electron chi connectivity index (χ2n) is 5.86. The summed E-state index contributed by atoms with van der Waals surface area (Å²) in [7, 11) is 0. The lowest BCUT2D eigenvalue weighted by atomic mass is 10.0. The summed E-state index contributed by atoms with van der Waals surface area (Å²) in [5, 5.41) is 7.18. The van der Waals surface area contributed by atoms with Crippen LogP contribution < -0.4 is 10.6 Å². The van der Waals surface area contributed by atoms with Crippen molar-refractivity contribution in [1.82, 2.24) is 5.32 Å². The number of anilines is 1. The number of hydrogen-bond acceptors (Lipinski definition) is 2. The maximum absolute atomic E-state index is 12.8. The number of halogens is 4. The average molecular weight is 355 g/mol. The van der Waals surface area contributed by atoms with Gasteiger partial charge in [0.2, 0.25) is 0 Å². The minimum Gasteiger partial charge on any atom is -0.380 e. The summed E-state index contributed by atoms with van der Waals surface area (Å²) in [4.78, 5) is 0. The van der Waals surface area contributed by atoms with Crippen LogP contribution in [0.4, 0.5) is 18.9 Å². The van der Waals surface area contributed by atoms with Crippen molar-refractivity contribution in [3.8, 4) is 0 Å². The standard InChI is InChI=1S/C18H18ClF3N2/c19-16-5-4-13-6-8-23-9-7-15(13)17(16)24-11-12-2-1-3-14(10-12)18(20,21)22/h1-5,10,23-24H,6-9,11H2. The molecule has 0 saturated heterocycles. The zero-order valence-electron chi connectivity index (χ0n) is 13.0. The molecule has 0 radical (unpaired) electrons. The van der Waals surface area contributed by atoms with Crippen LogP contribution in [-0.4, -0.2) is 13.1 Å². The summed E-state index contributed by atoms with van der Waals surface area (Å²) in [5.41, 5.74) is 3.15. The molecule has 0 unspecified atom stereocenters. The fraction of sp³-hybridized carbons (Fsp3) is 0.333. The number of fused-ring (bicyclic) bond motifs is 1. The molecule has 6 heteroatoms. The lowest BCUT2D eigenvalue weighted by Gasteiger charge is -2.17. The highest BCUT2D eigenvalue weighted by atomic mass is 35.5. The zero-order chi connectivity index (χ0) is 17.2. The van der Waals surface area contributed by atoms with E-state index >= 15 is 0 Å².